The molecule has 14 heteroatoms. The van der Waals surface area contributed by atoms with Crippen molar-refractivity contribution in [1.29, 1.82) is 0 Å². The molecule has 3 N–H and O–H groups in total. The molecule has 0 radical (unpaired) electrons. The highest BCUT2D eigenvalue weighted by Crippen LogP contribution is 2.37. The highest BCUT2D eigenvalue weighted by molar-refractivity contribution is 6.38. The van der Waals surface area contributed by atoms with Gasteiger partial charge in [0.25, 0.3) is 5.91 Å². The molecule has 3 heterocycles. The predicted octanol–water partition coefficient (Wildman–Crippen LogP) is 6.70. The maximum Gasteiger partial charge on any atom is 0.319 e. The summed E-state index contributed by atoms with van der Waals surface area (Å²) in [6.45, 7) is 4.55. The van der Waals surface area contributed by atoms with Gasteiger partial charge < -0.3 is 35.2 Å². The minimum absolute atomic E-state index is 0.0233. The van der Waals surface area contributed by atoms with Crippen molar-refractivity contribution in [2.24, 2.45) is 0 Å². The van der Waals surface area contributed by atoms with Crippen molar-refractivity contribution >= 4 is 74.7 Å². The van der Waals surface area contributed by atoms with Gasteiger partial charge in [-0.25, -0.2) is 9.78 Å². The van der Waals surface area contributed by atoms with E-state index in [1.165, 1.54) is 11.0 Å². The van der Waals surface area contributed by atoms with Crippen LogP contribution >= 0.6 is 23.2 Å². The number of rotatable bonds is 10. The fourth-order valence-electron chi connectivity index (χ4n) is 5.60. The molecule has 0 aliphatic carbocycles. The van der Waals surface area contributed by atoms with Crippen LogP contribution in [0.5, 0.6) is 5.75 Å². The number of ether oxygens (including phenoxy) is 2. The Balaban J connectivity index is 1.09. The SMILES string of the molecule is Cc1cc(N2CCOCC2)c2cccc(OCc3c(Cl)ccc(N(C)C(=O)CNC(=O)Nc4cccc(C(=O)Nc5ccncc5)c4)c3Cl)c2n1. The molecule has 2 aromatic heterocycles. The van der Waals surface area contributed by atoms with Crippen molar-refractivity contribution in [3.05, 3.63) is 112 Å². The third-order valence-electron chi connectivity index (χ3n) is 8.25. The first-order chi connectivity index (χ1) is 24.7. The molecule has 1 saturated heterocycles. The monoisotopic (exact) mass is 727 g/mol. The average Bonchev–Trinajstić information content (AvgIpc) is 3.14. The van der Waals surface area contributed by atoms with Crippen LogP contribution in [0.25, 0.3) is 10.9 Å². The number of benzene rings is 3. The number of aryl methyl sites for hydroxylation is 1. The molecular formula is C37H35Cl2N7O5. The van der Waals surface area contributed by atoms with Gasteiger partial charge in [-0.15, -0.1) is 0 Å². The fourth-order valence-corrected chi connectivity index (χ4v) is 6.20. The minimum atomic E-state index is -0.629. The molecule has 3 aromatic carbocycles. The molecule has 0 unspecified atom stereocenters. The molecule has 1 aliphatic rings. The Morgan fingerprint density at radius 1 is 0.941 bits per heavy atom. The third-order valence-corrected chi connectivity index (χ3v) is 9.03. The summed E-state index contributed by atoms with van der Waals surface area (Å²) in [5.74, 6) is -0.215. The fraction of sp³-hybridized carbons (Fsp3) is 0.216. The summed E-state index contributed by atoms with van der Waals surface area (Å²) in [7, 11) is 1.55. The van der Waals surface area contributed by atoms with Crippen molar-refractivity contribution in [3.63, 3.8) is 0 Å². The number of anilines is 4. The number of amides is 4. The van der Waals surface area contributed by atoms with Gasteiger partial charge in [-0.2, -0.15) is 0 Å². The first-order valence-corrected chi connectivity index (χ1v) is 16.9. The van der Waals surface area contributed by atoms with Crippen LogP contribution in [0.4, 0.5) is 27.5 Å². The van der Waals surface area contributed by atoms with E-state index in [2.05, 4.69) is 31.9 Å². The number of nitrogens with one attached hydrogen (secondary N) is 3. The van der Waals surface area contributed by atoms with Gasteiger partial charge in [-0.05, 0) is 61.5 Å². The highest BCUT2D eigenvalue weighted by Gasteiger charge is 2.21. The van der Waals surface area contributed by atoms with Gasteiger partial charge in [-0.3, -0.25) is 14.6 Å². The van der Waals surface area contributed by atoms with E-state index < -0.39 is 11.9 Å². The lowest BCUT2D eigenvalue weighted by molar-refractivity contribution is -0.117. The van der Waals surface area contributed by atoms with Gasteiger partial charge in [0.15, 0.2) is 0 Å². The van der Waals surface area contributed by atoms with Crippen molar-refractivity contribution in [2.45, 2.75) is 13.5 Å². The number of hydrogen-bond acceptors (Lipinski definition) is 8. The van der Waals surface area contributed by atoms with Gasteiger partial charge in [-0.1, -0.05) is 41.4 Å². The molecule has 0 bridgehead atoms. The Morgan fingerprint density at radius 2 is 1.71 bits per heavy atom. The lowest BCUT2D eigenvalue weighted by atomic mass is 10.1. The standard InChI is InChI=1S/C37H35Cl2N7O5/c1-23-19-31(46-15-17-50-18-16-46)27-7-4-8-32(35(27)42-23)51-22-28-29(38)9-10-30(34(28)39)45(2)33(47)21-41-37(49)44-26-6-3-5-24(20-26)36(48)43-25-11-13-40-14-12-25/h3-14,19-20H,15-18,21-22H2,1-2H3,(H,40,43,48)(H2,41,44,49). The van der Waals surface area contributed by atoms with Crippen molar-refractivity contribution in [2.75, 3.05) is 60.3 Å². The molecule has 4 amide bonds. The molecule has 0 saturated carbocycles. The number of likely N-dealkylation sites (N-methyl/N-ethyl adjacent to an activating group) is 1. The van der Waals surface area contributed by atoms with E-state index in [0.717, 1.165) is 35.4 Å². The van der Waals surface area contributed by atoms with E-state index in [0.29, 0.717) is 52.2 Å². The topological polar surface area (TPSA) is 138 Å². The van der Waals surface area contributed by atoms with Crippen LogP contribution in [-0.4, -0.2) is 67.7 Å². The molecule has 51 heavy (non-hydrogen) atoms. The zero-order valence-electron chi connectivity index (χ0n) is 27.9. The summed E-state index contributed by atoms with van der Waals surface area (Å²) in [6.07, 6.45) is 3.14. The Bertz CT molecular complexity index is 2080. The quantitative estimate of drug-likeness (QED) is 0.145. The number of para-hydroxylation sites is 1. The second-order valence-corrected chi connectivity index (χ2v) is 12.5. The smallest absolute Gasteiger partial charge is 0.319 e. The van der Waals surface area contributed by atoms with Crippen LogP contribution in [0.3, 0.4) is 0 Å². The number of halogens is 2. The third kappa shape index (κ3) is 8.48. The number of hydrogen-bond donors (Lipinski definition) is 3. The molecule has 0 atom stereocenters. The Labute approximate surface area is 304 Å². The number of pyridine rings is 2. The summed E-state index contributed by atoms with van der Waals surface area (Å²) in [5, 5.41) is 9.54. The Hall–Kier alpha value is -5.43. The molecule has 12 nitrogen and oxygen atoms in total. The van der Waals surface area contributed by atoms with Crippen LogP contribution in [0.15, 0.2) is 85.2 Å². The Kier molecular flexibility index (Phi) is 11.2. The summed E-state index contributed by atoms with van der Waals surface area (Å²) in [6, 6.07) is 20.3. The van der Waals surface area contributed by atoms with E-state index in [1.807, 2.05) is 25.1 Å². The predicted molar refractivity (Wildman–Crippen MR) is 199 cm³/mol. The van der Waals surface area contributed by atoms with Crippen LogP contribution in [0, 0.1) is 6.92 Å². The number of morpholine rings is 1. The lowest BCUT2D eigenvalue weighted by Crippen LogP contribution is -2.40. The van der Waals surface area contributed by atoms with Crippen LogP contribution in [0.1, 0.15) is 21.6 Å². The summed E-state index contributed by atoms with van der Waals surface area (Å²) in [4.78, 5) is 50.8. The van der Waals surface area contributed by atoms with Gasteiger partial charge in [0, 0.05) is 76.8 Å². The van der Waals surface area contributed by atoms with Crippen molar-refractivity contribution < 1.29 is 23.9 Å². The summed E-state index contributed by atoms with van der Waals surface area (Å²) >= 11 is 13.4. The second-order valence-electron chi connectivity index (χ2n) is 11.7. The zero-order valence-corrected chi connectivity index (χ0v) is 29.4. The van der Waals surface area contributed by atoms with E-state index in [-0.39, 0.29) is 24.1 Å². The summed E-state index contributed by atoms with van der Waals surface area (Å²) in [5.41, 5.74) is 4.83. The van der Waals surface area contributed by atoms with E-state index in [1.54, 1.807) is 61.9 Å². The van der Waals surface area contributed by atoms with E-state index >= 15 is 0 Å². The number of carbonyl (C=O) groups is 3. The van der Waals surface area contributed by atoms with Crippen molar-refractivity contribution in [1.82, 2.24) is 15.3 Å². The van der Waals surface area contributed by atoms with Crippen molar-refractivity contribution in [3.8, 4) is 5.75 Å². The zero-order chi connectivity index (χ0) is 35.9. The number of urea groups is 1. The minimum Gasteiger partial charge on any atom is -0.487 e. The molecule has 262 valence electrons. The molecule has 1 aliphatic heterocycles. The van der Waals surface area contributed by atoms with Gasteiger partial charge in [0.05, 0.1) is 30.5 Å². The number of carbonyl (C=O) groups excluding carboxylic acids is 3. The molecule has 1 fully saturated rings. The molecular weight excluding hydrogens is 693 g/mol. The summed E-state index contributed by atoms with van der Waals surface area (Å²) < 4.78 is 11.8. The number of aromatic nitrogens is 2. The van der Waals surface area contributed by atoms with Gasteiger partial charge in [0.1, 0.15) is 17.9 Å². The number of nitrogens with zero attached hydrogens (tertiary/aromatic N) is 4. The normalized spacial score (nSPS) is 12.7. The molecule has 5 aromatic rings. The Morgan fingerprint density at radius 3 is 2.49 bits per heavy atom. The van der Waals surface area contributed by atoms with Crippen LogP contribution in [-0.2, 0) is 16.1 Å². The first-order valence-electron chi connectivity index (χ1n) is 16.1. The highest BCUT2D eigenvalue weighted by atomic mass is 35.5. The largest absolute Gasteiger partial charge is 0.487 e. The van der Waals surface area contributed by atoms with E-state index in [4.69, 9.17) is 37.7 Å². The van der Waals surface area contributed by atoms with E-state index in [9.17, 15) is 14.4 Å². The van der Waals surface area contributed by atoms with Crippen LogP contribution < -0.4 is 30.5 Å². The number of fused-ring (bicyclic) bond motifs is 1. The van der Waals surface area contributed by atoms with Gasteiger partial charge in [0.2, 0.25) is 5.91 Å². The molecule has 6 rings (SSSR count). The maximum atomic E-state index is 13.2. The second kappa shape index (κ2) is 16.1. The lowest BCUT2D eigenvalue weighted by Gasteiger charge is -2.30. The maximum absolute atomic E-state index is 13.2. The van der Waals surface area contributed by atoms with Gasteiger partial charge >= 0.3 is 6.03 Å². The van der Waals surface area contributed by atoms with Crippen LogP contribution in [0.2, 0.25) is 10.0 Å². The molecule has 0 spiro atoms. The first kappa shape index (κ1) is 35.4. The average molecular weight is 729 g/mol.